The Balaban J connectivity index is 2.12. The van der Waals surface area contributed by atoms with E-state index < -0.39 is 23.9 Å². The molecule has 1 heterocycles. The van der Waals surface area contributed by atoms with Crippen molar-refractivity contribution in [1.82, 2.24) is 5.32 Å². The number of benzene rings is 1. The molecule has 1 amide bonds. The lowest BCUT2D eigenvalue weighted by Gasteiger charge is -2.25. The van der Waals surface area contributed by atoms with Crippen LogP contribution in [0.3, 0.4) is 0 Å². The number of carboxylic acid groups (broad SMARTS) is 1. The van der Waals surface area contributed by atoms with Crippen molar-refractivity contribution in [2.45, 2.75) is 37.8 Å². The minimum absolute atomic E-state index is 0.0558. The van der Waals surface area contributed by atoms with E-state index in [0.29, 0.717) is 18.6 Å². The molecule has 0 spiro atoms. The Labute approximate surface area is 132 Å². The Morgan fingerprint density at radius 2 is 2.23 bits per heavy atom. The van der Waals surface area contributed by atoms with Crippen LogP contribution in [-0.2, 0) is 14.3 Å². The molecule has 1 aliphatic rings. The van der Waals surface area contributed by atoms with E-state index in [1.807, 2.05) is 0 Å². The molecule has 0 aliphatic carbocycles. The average Bonchev–Trinajstić information content (AvgIpc) is 2.49. The predicted octanol–water partition coefficient (Wildman–Crippen LogP) is 2.68. The van der Waals surface area contributed by atoms with E-state index in [4.69, 9.17) is 21.4 Å². The molecule has 2 N–H and O–H groups in total. The van der Waals surface area contributed by atoms with Crippen molar-refractivity contribution < 1.29 is 23.8 Å². The molecule has 0 bridgehead atoms. The van der Waals surface area contributed by atoms with Gasteiger partial charge in [0.2, 0.25) is 5.91 Å². The fraction of sp³-hybridized carbons (Fsp3) is 0.467. The van der Waals surface area contributed by atoms with Crippen molar-refractivity contribution in [2.75, 3.05) is 6.61 Å². The molecule has 1 saturated heterocycles. The lowest BCUT2D eigenvalue weighted by molar-refractivity contribution is -0.139. The van der Waals surface area contributed by atoms with E-state index in [0.717, 1.165) is 18.9 Å². The van der Waals surface area contributed by atoms with Gasteiger partial charge in [0.1, 0.15) is 11.9 Å². The molecule has 0 radical (unpaired) electrons. The molecule has 22 heavy (non-hydrogen) atoms. The topological polar surface area (TPSA) is 75.6 Å². The molecule has 7 heteroatoms. The molecule has 1 aromatic carbocycles. The van der Waals surface area contributed by atoms with Gasteiger partial charge in [-0.05, 0) is 37.0 Å². The first-order chi connectivity index (χ1) is 10.5. The first-order valence-corrected chi connectivity index (χ1v) is 7.44. The van der Waals surface area contributed by atoms with Gasteiger partial charge in [0.25, 0.3) is 0 Å². The summed E-state index contributed by atoms with van der Waals surface area (Å²) in [6.45, 7) is 0.511. The van der Waals surface area contributed by atoms with Gasteiger partial charge >= 0.3 is 5.97 Å². The van der Waals surface area contributed by atoms with Crippen LogP contribution in [0.4, 0.5) is 4.39 Å². The Morgan fingerprint density at radius 3 is 2.82 bits per heavy atom. The standard InChI is InChI=1S/C15H17ClFNO4/c16-10-5-4-9(7-11(10)17)12(8-14(19)20)18-15(21)13-3-1-2-6-22-13/h4-5,7,12-13H,1-3,6,8H2,(H,18,21)(H,19,20). The number of aliphatic carboxylic acids is 1. The number of carbonyl (C=O) groups excluding carboxylic acids is 1. The lowest BCUT2D eigenvalue weighted by Crippen LogP contribution is -2.40. The number of carboxylic acids is 1. The molecule has 120 valence electrons. The summed E-state index contributed by atoms with van der Waals surface area (Å²) >= 11 is 5.62. The van der Waals surface area contributed by atoms with Crippen molar-refractivity contribution >= 4 is 23.5 Å². The van der Waals surface area contributed by atoms with Crippen molar-refractivity contribution in [3.63, 3.8) is 0 Å². The number of rotatable bonds is 5. The third kappa shape index (κ3) is 4.42. The zero-order valence-corrected chi connectivity index (χ0v) is 12.6. The number of halogens is 2. The maximum absolute atomic E-state index is 13.6. The number of amides is 1. The van der Waals surface area contributed by atoms with E-state index in [9.17, 15) is 14.0 Å². The minimum Gasteiger partial charge on any atom is -0.481 e. The van der Waals surface area contributed by atoms with Gasteiger partial charge < -0.3 is 15.2 Å². The Morgan fingerprint density at radius 1 is 1.45 bits per heavy atom. The Hall–Kier alpha value is -1.66. The maximum atomic E-state index is 13.6. The summed E-state index contributed by atoms with van der Waals surface area (Å²) < 4.78 is 18.9. The van der Waals surface area contributed by atoms with Gasteiger partial charge in [-0.2, -0.15) is 0 Å². The van der Waals surface area contributed by atoms with E-state index in [2.05, 4.69) is 5.32 Å². The monoisotopic (exact) mass is 329 g/mol. The molecule has 0 saturated carbocycles. The highest BCUT2D eigenvalue weighted by Crippen LogP contribution is 2.23. The van der Waals surface area contributed by atoms with Crippen LogP contribution in [0.25, 0.3) is 0 Å². The predicted molar refractivity (Wildman–Crippen MR) is 78.1 cm³/mol. The zero-order chi connectivity index (χ0) is 16.1. The summed E-state index contributed by atoms with van der Waals surface area (Å²) in [4.78, 5) is 23.2. The molecule has 2 atom stereocenters. The van der Waals surface area contributed by atoms with Gasteiger partial charge in [-0.15, -0.1) is 0 Å². The van der Waals surface area contributed by atoms with Gasteiger partial charge in [0.05, 0.1) is 17.5 Å². The number of hydrogen-bond acceptors (Lipinski definition) is 3. The third-order valence-electron chi connectivity index (χ3n) is 3.51. The van der Waals surface area contributed by atoms with Crippen molar-refractivity contribution in [3.05, 3.63) is 34.6 Å². The number of carbonyl (C=O) groups is 2. The van der Waals surface area contributed by atoms with E-state index >= 15 is 0 Å². The van der Waals surface area contributed by atoms with Crippen LogP contribution in [0.5, 0.6) is 0 Å². The Bertz CT molecular complexity index is 560. The van der Waals surface area contributed by atoms with Crippen LogP contribution in [0, 0.1) is 5.82 Å². The summed E-state index contributed by atoms with van der Waals surface area (Å²) in [5, 5.41) is 11.6. The van der Waals surface area contributed by atoms with Gasteiger partial charge in [0, 0.05) is 6.61 Å². The minimum atomic E-state index is -1.09. The fourth-order valence-corrected chi connectivity index (χ4v) is 2.49. The van der Waals surface area contributed by atoms with Gasteiger partial charge in [0.15, 0.2) is 0 Å². The molecule has 2 unspecified atom stereocenters. The van der Waals surface area contributed by atoms with Crippen molar-refractivity contribution in [3.8, 4) is 0 Å². The zero-order valence-electron chi connectivity index (χ0n) is 11.9. The normalized spacial score (nSPS) is 19.5. The largest absolute Gasteiger partial charge is 0.481 e. The Kier molecular flexibility index (Phi) is 5.74. The van der Waals surface area contributed by atoms with Crippen LogP contribution in [0.1, 0.15) is 37.3 Å². The average molecular weight is 330 g/mol. The highest BCUT2D eigenvalue weighted by atomic mass is 35.5. The molecule has 0 aromatic heterocycles. The van der Waals surface area contributed by atoms with E-state index in [-0.39, 0.29) is 17.4 Å². The maximum Gasteiger partial charge on any atom is 0.305 e. The van der Waals surface area contributed by atoms with Gasteiger partial charge in [-0.25, -0.2) is 4.39 Å². The molecule has 1 fully saturated rings. The van der Waals surface area contributed by atoms with Gasteiger partial charge in [-0.3, -0.25) is 9.59 Å². The summed E-state index contributed by atoms with van der Waals surface area (Å²) in [6.07, 6.45) is 1.46. The summed E-state index contributed by atoms with van der Waals surface area (Å²) in [7, 11) is 0. The van der Waals surface area contributed by atoms with Gasteiger partial charge in [-0.1, -0.05) is 17.7 Å². The van der Waals surface area contributed by atoms with Crippen LogP contribution < -0.4 is 5.32 Å². The van der Waals surface area contributed by atoms with E-state index in [1.165, 1.54) is 12.1 Å². The highest BCUT2D eigenvalue weighted by molar-refractivity contribution is 6.30. The molecular weight excluding hydrogens is 313 g/mol. The smallest absolute Gasteiger partial charge is 0.305 e. The van der Waals surface area contributed by atoms with Crippen LogP contribution in [0.15, 0.2) is 18.2 Å². The highest BCUT2D eigenvalue weighted by Gasteiger charge is 2.26. The van der Waals surface area contributed by atoms with Crippen LogP contribution in [-0.4, -0.2) is 29.7 Å². The van der Waals surface area contributed by atoms with E-state index in [1.54, 1.807) is 0 Å². The third-order valence-corrected chi connectivity index (χ3v) is 3.82. The molecule has 2 rings (SSSR count). The number of ether oxygens (including phenoxy) is 1. The molecule has 5 nitrogen and oxygen atoms in total. The summed E-state index contributed by atoms with van der Waals surface area (Å²) in [6, 6.07) is 3.14. The fourth-order valence-electron chi connectivity index (χ4n) is 2.37. The summed E-state index contributed by atoms with van der Waals surface area (Å²) in [5.74, 6) is -2.12. The summed E-state index contributed by atoms with van der Waals surface area (Å²) in [5.41, 5.74) is 0.355. The molecule has 1 aromatic rings. The molecule has 1 aliphatic heterocycles. The van der Waals surface area contributed by atoms with Crippen LogP contribution in [0.2, 0.25) is 5.02 Å². The lowest BCUT2D eigenvalue weighted by atomic mass is 10.0. The first kappa shape index (κ1) is 16.7. The quantitative estimate of drug-likeness (QED) is 0.871. The number of hydrogen-bond donors (Lipinski definition) is 2. The second kappa shape index (κ2) is 7.56. The first-order valence-electron chi connectivity index (χ1n) is 7.06. The number of nitrogens with one attached hydrogen (secondary N) is 1. The second-order valence-electron chi connectivity index (χ2n) is 5.19. The van der Waals surface area contributed by atoms with Crippen molar-refractivity contribution in [2.24, 2.45) is 0 Å². The van der Waals surface area contributed by atoms with Crippen LogP contribution >= 0.6 is 11.6 Å². The van der Waals surface area contributed by atoms with Crippen molar-refractivity contribution in [1.29, 1.82) is 0 Å². The SMILES string of the molecule is O=C(O)CC(NC(=O)C1CCCCO1)c1ccc(Cl)c(F)c1. The second-order valence-corrected chi connectivity index (χ2v) is 5.59. The molecular formula is C15H17ClFNO4.